The Labute approximate surface area is 286 Å². The predicted octanol–water partition coefficient (Wildman–Crippen LogP) is 2.59. The van der Waals surface area contributed by atoms with Crippen LogP contribution in [0.2, 0.25) is 0 Å². The Morgan fingerprint density at radius 2 is 0.688 bits per heavy atom. The highest BCUT2D eigenvalue weighted by atomic mass is 16.6. The Kier molecular flexibility index (Phi) is 30.8. The molecular formula is C34H60O14. The van der Waals surface area contributed by atoms with Crippen molar-refractivity contribution < 1.29 is 66.4 Å². The van der Waals surface area contributed by atoms with Crippen LogP contribution >= 0.6 is 0 Å². The quantitative estimate of drug-likeness (QED) is 0.0753. The van der Waals surface area contributed by atoms with Gasteiger partial charge in [-0.1, -0.05) is 18.2 Å². The molecule has 0 aliphatic rings. The van der Waals surface area contributed by atoms with E-state index in [0.29, 0.717) is 145 Å². The zero-order valence-electron chi connectivity index (χ0n) is 29.4. The van der Waals surface area contributed by atoms with Gasteiger partial charge in [0.25, 0.3) is 0 Å². The minimum absolute atomic E-state index is 0.0839. The lowest BCUT2D eigenvalue weighted by atomic mass is 10.2. The lowest BCUT2D eigenvalue weighted by molar-refractivity contribution is -0.160. The molecule has 0 saturated carbocycles. The van der Waals surface area contributed by atoms with Crippen molar-refractivity contribution in [3.63, 3.8) is 0 Å². The Morgan fingerprint density at radius 1 is 0.417 bits per heavy atom. The molecule has 0 radical (unpaired) electrons. The molecule has 48 heavy (non-hydrogen) atoms. The number of ether oxygens (including phenoxy) is 13. The van der Waals surface area contributed by atoms with Crippen molar-refractivity contribution in [3.8, 4) is 5.75 Å². The maximum Gasteiger partial charge on any atom is 0.332 e. The zero-order valence-corrected chi connectivity index (χ0v) is 29.4. The Hall–Kier alpha value is -1.95. The van der Waals surface area contributed by atoms with Gasteiger partial charge in [-0.3, -0.25) is 0 Å². The smallest absolute Gasteiger partial charge is 0.332 e. The van der Waals surface area contributed by atoms with Crippen LogP contribution in [0.25, 0.3) is 0 Å². The molecule has 0 saturated heterocycles. The second kappa shape index (κ2) is 33.5. The number of esters is 1. The third-order valence-electron chi connectivity index (χ3n) is 5.60. The largest absolute Gasteiger partial charge is 0.491 e. The first-order chi connectivity index (χ1) is 23.5. The molecule has 14 nitrogen and oxygen atoms in total. The van der Waals surface area contributed by atoms with E-state index in [0.717, 1.165) is 5.75 Å². The van der Waals surface area contributed by atoms with Crippen molar-refractivity contribution >= 4 is 5.97 Å². The van der Waals surface area contributed by atoms with E-state index in [1.165, 1.54) is 0 Å². The van der Waals surface area contributed by atoms with Crippen LogP contribution in [0.5, 0.6) is 5.75 Å². The average Bonchev–Trinajstić information content (AvgIpc) is 3.06. The van der Waals surface area contributed by atoms with E-state index in [9.17, 15) is 4.79 Å². The van der Waals surface area contributed by atoms with E-state index >= 15 is 0 Å². The highest BCUT2D eigenvalue weighted by Gasteiger charge is 2.15. The summed E-state index contributed by atoms with van der Waals surface area (Å²) in [4.78, 5) is 11.5. The highest BCUT2D eigenvalue weighted by molar-refractivity contribution is 5.71. The summed E-state index contributed by atoms with van der Waals surface area (Å²) in [7, 11) is 0. The molecule has 1 aromatic rings. The molecule has 0 N–H and O–H groups in total. The minimum Gasteiger partial charge on any atom is -0.491 e. The van der Waals surface area contributed by atoms with E-state index < -0.39 is 5.60 Å². The molecule has 14 heteroatoms. The van der Waals surface area contributed by atoms with Crippen LogP contribution in [0.4, 0.5) is 0 Å². The second-order valence-electron chi connectivity index (χ2n) is 10.9. The van der Waals surface area contributed by atoms with Crippen molar-refractivity contribution in [1.29, 1.82) is 0 Å². The van der Waals surface area contributed by atoms with Crippen LogP contribution in [0.1, 0.15) is 20.8 Å². The second-order valence-corrected chi connectivity index (χ2v) is 10.9. The normalized spacial score (nSPS) is 11.6. The number of para-hydroxylation sites is 1. The van der Waals surface area contributed by atoms with Crippen LogP contribution in [0.15, 0.2) is 30.3 Å². The lowest BCUT2D eigenvalue weighted by Crippen LogP contribution is -2.27. The summed E-state index contributed by atoms with van der Waals surface area (Å²) >= 11 is 0. The highest BCUT2D eigenvalue weighted by Crippen LogP contribution is 2.08. The fourth-order valence-electron chi connectivity index (χ4n) is 3.46. The first-order valence-corrected chi connectivity index (χ1v) is 16.7. The van der Waals surface area contributed by atoms with Crippen LogP contribution in [0.3, 0.4) is 0 Å². The molecule has 0 aromatic heterocycles. The summed E-state index contributed by atoms with van der Waals surface area (Å²) < 4.78 is 70.5. The van der Waals surface area contributed by atoms with E-state index in [1.54, 1.807) is 0 Å². The zero-order chi connectivity index (χ0) is 34.6. The fraction of sp³-hybridized carbons (Fsp3) is 0.794. The molecule has 0 atom stereocenters. The van der Waals surface area contributed by atoms with Gasteiger partial charge in [-0.05, 0) is 32.9 Å². The van der Waals surface area contributed by atoms with Gasteiger partial charge in [0.15, 0.2) is 0 Å². The molecule has 1 rings (SSSR count). The number of benzene rings is 1. The summed E-state index contributed by atoms with van der Waals surface area (Å²) in [5.41, 5.74) is -0.512. The van der Waals surface area contributed by atoms with E-state index in [1.807, 2.05) is 51.1 Å². The summed E-state index contributed by atoms with van der Waals surface area (Å²) in [5, 5.41) is 0. The van der Waals surface area contributed by atoms with Gasteiger partial charge >= 0.3 is 5.97 Å². The summed E-state index contributed by atoms with van der Waals surface area (Å²) in [6.45, 7) is 16.0. The Bertz CT molecular complexity index is 809. The summed E-state index contributed by atoms with van der Waals surface area (Å²) in [5.74, 6) is 0.453. The Balaban J connectivity index is 1.63. The molecule has 0 unspecified atom stereocenters. The number of carbonyl (C=O) groups is 1. The molecule has 0 fully saturated rings. The van der Waals surface area contributed by atoms with Crippen molar-refractivity contribution in [3.05, 3.63) is 30.3 Å². The lowest BCUT2D eigenvalue weighted by Gasteiger charge is -2.19. The van der Waals surface area contributed by atoms with Gasteiger partial charge in [0.2, 0.25) is 0 Å². The van der Waals surface area contributed by atoms with Gasteiger partial charge in [0.05, 0.1) is 139 Å². The standard InChI is InChI=1S/C34H60O14/c1-34(2,3)48-33(35)31-46-28-27-44-24-23-42-20-19-40-16-15-38-12-11-36-9-10-37-13-14-39-17-18-41-21-22-43-25-26-45-29-30-47-32-7-5-4-6-8-32/h4-8H,9-31H2,1-3H3. The molecule has 1 aromatic carbocycles. The third kappa shape index (κ3) is 33.9. The van der Waals surface area contributed by atoms with Gasteiger partial charge in [-0.2, -0.15) is 0 Å². The molecule has 0 amide bonds. The monoisotopic (exact) mass is 692 g/mol. The number of hydrogen-bond donors (Lipinski definition) is 0. The van der Waals surface area contributed by atoms with E-state index in [2.05, 4.69) is 0 Å². The van der Waals surface area contributed by atoms with Crippen LogP contribution < -0.4 is 4.74 Å². The fourth-order valence-corrected chi connectivity index (χ4v) is 3.46. The molecule has 280 valence electrons. The minimum atomic E-state index is -0.512. The van der Waals surface area contributed by atoms with Crippen LogP contribution in [-0.4, -0.2) is 164 Å². The van der Waals surface area contributed by atoms with Crippen LogP contribution in [0, 0.1) is 0 Å². The average molecular weight is 693 g/mol. The van der Waals surface area contributed by atoms with Crippen molar-refractivity contribution in [2.75, 3.05) is 152 Å². The summed E-state index contributed by atoms with van der Waals surface area (Å²) in [6.07, 6.45) is 0. The maximum absolute atomic E-state index is 11.5. The predicted molar refractivity (Wildman–Crippen MR) is 177 cm³/mol. The van der Waals surface area contributed by atoms with Gasteiger partial charge in [-0.15, -0.1) is 0 Å². The number of rotatable bonds is 36. The SMILES string of the molecule is CC(C)(C)OC(=O)COCCOCCOCCOCCOCCOCCOCCOCCOCCOCCOCCOc1ccccc1. The molecule has 0 bridgehead atoms. The maximum atomic E-state index is 11.5. The van der Waals surface area contributed by atoms with E-state index in [-0.39, 0.29) is 12.6 Å². The van der Waals surface area contributed by atoms with Gasteiger partial charge in [0.1, 0.15) is 24.6 Å². The molecule has 0 aliphatic carbocycles. The molecule has 0 heterocycles. The third-order valence-corrected chi connectivity index (χ3v) is 5.60. The molecule has 0 aliphatic heterocycles. The van der Waals surface area contributed by atoms with Gasteiger partial charge < -0.3 is 61.6 Å². The topological polar surface area (TPSA) is 137 Å². The number of hydrogen-bond acceptors (Lipinski definition) is 14. The van der Waals surface area contributed by atoms with Crippen molar-refractivity contribution in [2.24, 2.45) is 0 Å². The Morgan fingerprint density at radius 3 is 0.979 bits per heavy atom. The first kappa shape index (κ1) is 44.1. The van der Waals surface area contributed by atoms with Crippen LogP contribution in [-0.2, 0) is 61.6 Å². The molecule has 0 spiro atoms. The van der Waals surface area contributed by atoms with Gasteiger partial charge in [-0.25, -0.2) is 4.79 Å². The van der Waals surface area contributed by atoms with Gasteiger partial charge in [0, 0.05) is 0 Å². The van der Waals surface area contributed by atoms with Crippen molar-refractivity contribution in [1.82, 2.24) is 0 Å². The molecular weight excluding hydrogens is 632 g/mol. The van der Waals surface area contributed by atoms with Crippen molar-refractivity contribution in [2.45, 2.75) is 26.4 Å². The first-order valence-electron chi connectivity index (χ1n) is 16.7. The number of carbonyl (C=O) groups excluding carboxylic acids is 1. The van der Waals surface area contributed by atoms with E-state index in [4.69, 9.17) is 61.6 Å². The summed E-state index contributed by atoms with van der Waals surface area (Å²) in [6, 6.07) is 9.66.